The molecule has 5 amide bonds. The zero-order valence-corrected chi connectivity index (χ0v) is 23.1. The molecule has 2 fully saturated rings. The first-order valence-corrected chi connectivity index (χ1v) is 13.1. The molecule has 0 aliphatic carbocycles. The van der Waals surface area contributed by atoms with Crippen LogP contribution in [0.1, 0.15) is 48.2 Å². The summed E-state index contributed by atoms with van der Waals surface area (Å²) in [5, 5.41) is 2.32. The number of nitrogens with zero attached hydrogens (tertiary/aromatic N) is 3. The highest BCUT2D eigenvalue weighted by Crippen LogP contribution is 2.41. The highest BCUT2D eigenvalue weighted by molar-refractivity contribution is 6.16. The molecule has 2 aliphatic rings. The molecule has 15 heteroatoms. The Labute approximate surface area is 241 Å². The van der Waals surface area contributed by atoms with E-state index in [0.717, 1.165) is 34.1 Å². The topological polar surface area (TPSA) is 90.0 Å². The van der Waals surface area contributed by atoms with Gasteiger partial charge in [-0.2, -0.15) is 26.3 Å². The lowest BCUT2D eigenvalue weighted by atomic mass is 9.85. The molecule has 4 rings (SSSR count). The molecule has 1 unspecified atom stereocenters. The van der Waals surface area contributed by atoms with Crippen molar-refractivity contribution in [3.05, 3.63) is 65.0 Å². The number of carbonyl (C=O) groups is 4. The van der Waals surface area contributed by atoms with Crippen molar-refractivity contribution >= 4 is 29.4 Å². The van der Waals surface area contributed by atoms with E-state index in [4.69, 9.17) is 0 Å². The van der Waals surface area contributed by atoms with Gasteiger partial charge in [-0.15, -0.1) is 0 Å². The zero-order valence-electron chi connectivity index (χ0n) is 23.1. The molecule has 0 saturated carbocycles. The van der Waals surface area contributed by atoms with Crippen molar-refractivity contribution in [1.29, 1.82) is 0 Å². The summed E-state index contributed by atoms with van der Waals surface area (Å²) in [5.41, 5.74) is -4.50. The van der Waals surface area contributed by atoms with Crippen LogP contribution in [0.15, 0.2) is 42.5 Å². The second-order valence-corrected chi connectivity index (χ2v) is 10.8. The Bertz CT molecular complexity index is 1430. The first-order chi connectivity index (χ1) is 19.9. The van der Waals surface area contributed by atoms with Crippen molar-refractivity contribution < 1.29 is 49.9 Å². The zero-order chi connectivity index (χ0) is 32.1. The maximum Gasteiger partial charge on any atom is 0.416 e. The normalized spacial score (nSPS) is 18.1. The minimum atomic E-state index is -4.83. The van der Waals surface area contributed by atoms with Crippen LogP contribution < -0.4 is 10.2 Å². The van der Waals surface area contributed by atoms with Gasteiger partial charge in [0.05, 0.1) is 16.7 Å². The Morgan fingerprint density at radius 1 is 0.884 bits per heavy atom. The van der Waals surface area contributed by atoms with Gasteiger partial charge in [0.2, 0.25) is 5.91 Å². The first-order valence-electron chi connectivity index (χ1n) is 13.1. The largest absolute Gasteiger partial charge is 0.416 e. The van der Waals surface area contributed by atoms with E-state index in [9.17, 15) is 49.9 Å². The van der Waals surface area contributed by atoms with Gasteiger partial charge in [-0.05, 0) is 61.2 Å². The van der Waals surface area contributed by atoms with Crippen LogP contribution in [-0.4, -0.2) is 65.3 Å². The van der Waals surface area contributed by atoms with E-state index < -0.39 is 76.1 Å². The third kappa shape index (κ3) is 5.89. The number of nitrogens with one attached hydrogen (secondary N) is 1. The monoisotopic (exact) mass is 616 g/mol. The number of halogens is 7. The third-order valence-electron chi connectivity index (χ3n) is 7.72. The fourth-order valence-corrected chi connectivity index (χ4v) is 5.32. The summed E-state index contributed by atoms with van der Waals surface area (Å²) in [6.07, 6.45) is -9.62. The van der Waals surface area contributed by atoms with Crippen molar-refractivity contribution in [3.63, 3.8) is 0 Å². The van der Waals surface area contributed by atoms with E-state index in [1.165, 1.54) is 11.9 Å². The molecular weight excluding hydrogens is 589 g/mol. The average molecular weight is 617 g/mol. The summed E-state index contributed by atoms with van der Waals surface area (Å²) in [6, 6.07) is 3.08. The quantitative estimate of drug-likeness (QED) is 0.375. The maximum atomic E-state index is 14.3. The molecule has 2 aliphatic heterocycles. The van der Waals surface area contributed by atoms with Crippen molar-refractivity contribution in [3.8, 4) is 0 Å². The lowest BCUT2D eigenvalue weighted by molar-refractivity contribution is -0.139. The molecule has 2 aromatic carbocycles. The molecule has 2 heterocycles. The molecular formula is C28H27F7N4O4. The van der Waals surface area contributed by atoms with Gasteiger partial charge in [-0.25, -0.2) is 9.18 Å². The Morgan fingerprint density at radius 3 is 1.93 bits per heavy atom. The number of carbonyl (C=O) groups excluding carboxylic acids is 4. The highest BCUT2D eigenvalue weighted by atomic mass is 19.4. The third-order valence-corrected chi connectivity index (χ3v) is 7.72. The summed E-state index contributed by atoms with van der Waals surface area (Å²) in [4.78, 5) is 55.8. The number of urea groups is 1. The standard InChI is InChI=1S/C28H27F7N4O4/c1-15(2)21(36-22(40)19-14-17(28(33,34)35)6-9-20(19)29)23(41)38-12-10-26(11-13-38)24(42)37(3)25(43)39(26)18-7-4-16(5-8-18)27(30,31)32/h4-9,14-15,21H,10-13H2,1-3H3,(H,36,40). The van der Waals surface area contributed by atoms with Gasteiger partial charge >= 0.3 is 18.4 Å². The second kappa shape index (κ2) is 11.2. The van der Waals surface area contributed by atoms with Gasteiger partial charge in [-0.3, -0.25) is 24.2 Å². The number of hydrogen-bond acceptors (Lipinski definition) is 4. The van der Waals surface area contributed by atoms with Crippen LogP contribution in [-0.2, 0) is 21.9 Å². The minimum absolute atomic E-state index is 0.0610. The van der Waals surface area contributed by atoms with E-state index >= 15 is 0 Å². The first kappa shape index (κ1) is 31.8. The number of rotatable bonds is 5. The van der Waals surface area contributed by atoms with Crippen LogP contribution in [0.5, 0.6) is 0 Å². The fourth-order valence-electron chi connectivity index (χ4n) is 5.32. The van der Waals surface area contributed by atoms with Gasteiger partial charge in [0.15, 0.2) is 0 Å². The van der Waals surface area contributed by atoms with E-state index in [1.807, 2.05) is 0 Å². The summed E-state index contributed by atoms with van der Waals surface area (Å²) in [5.74, 6) is -4.26. The molecule has 1 N–H and O–H groups in total. The molecule has 1 atom stereocenters. The van der Waals surface area contributed by atoms with E-state index in [0.29, 0.717) is 18.2 Å². The molecule has 8 nitrogen and oxygen atoms in total. The number of amides is 5. The number of likely N-dealkylation sites (N-methyl/N-ethyl adjacent to an activating group) is 1. The van der Waals surface area contributed by atoms with Crippen molar-refractivity contribution in [2.45, 2.75) is 50.6 Å². The predicted octanol–water partition coefficient (Wildman–Crippen LogP) is 5.08. The summed E-state index contributed by atoms with van der Waals surface area (Å²) < 4.78 is 92.9. The number of imide groups is 1. The number of alkyl halides is 6. The van der Waals surface area contributed by atoms with Crippen LogP contribution in [0.25, 0.3) is 0 Å². The lowest BCUT2D eigenvalue weighted by Crippen LogP contribution is -2.60. The molecule has 43 heavy (non-hydrogen) atoms. The molecule has 0 aromatic heterocycles. The van der Waals surface area contributed by atoms with Crippen molar-refractivity contribution in [2.75, 3.05) is 25.0 Å². The van der Waals surface area contributed by atoms with Crippen molar-refractivity contribution in [1.82, 2.24) is 15.1 Å². The molecule has 2 aromatic rings. The number of piperidine rings is 1. The SMILES string of the molecule is CC(C)C(NC(=O)c1cc(C(F)(F)F)ccc1F)C(=O)N1CCC2(CC1)C(=O)N(C)C(=O)N2c1ccc(C(F)(F)F)cc1. The van der Waals surface area contributed by atoms with Gasteiger partial charge in [-0.1, -0.05) is 13.8 Å². The van der Waals surface area contributed by atoms with Gasteiger partial charge < -0.3 is 10.2 Å². The van der Waals surface area contributed by atoms with Crippen LogP contribution >= 0.6 is 0 Å². The molecule has 1 spiro atoms. The predicted molar refractivity (Wildman–Crippen MR) is 138 cm³/mol. The maximum absolute atomic E-state index is 14.3. The summed E-state index contributed by atoms with van der Waals surface area (Å²) in [7, 11) is 1.24. The second-order valence-electron chi connectivity index (χ2n) is 10.8. The molecule has 2 saturated heterocycles. The number of hydrogen-bond donors (Lipinski definition) is 1. The van der Waals surface area contributed by atoms with Crippen molar-refractivity contribution in [2.24, 2.45) is 5.92 Å². The Kier molecular flexibility index (Phi) is 8.24. The minimum Gasteiger partial charge on any atom is -0.341 e. The number of benzene rings is 2. The Balaban J connectivity index is 1.54. The van der Waals surface area contributed by atoms with E-state index in [-0.39, 0.29) is 31.6 Å². The van der Waals surface area contributed by atoms with Crippen LogP contribution in [0, 0.1) is 11.7 Å². The van der Waals surface area contributed by atoms with Gasteiger partial charge in [0, 0.05) is 25.8 Å². The smallest absolute Gasteiger partial charge is 0.341 e. The average Bonchev–Trinajstić information content (AvgIpc) is 3.11. The molecule has 0 radical (unpaired) electrons. The summed E-state index contributed by atoms with van der Waals surface area (Å²) >= 11 is 0. The number of anilines is 1. The van der Waals surface area contributed by atoms with E-state index in [1.54, 1.807) is 13.8 Å². The van der Waals surface area contributed by atoms with E-state index in [2.05, 4.69) is 5.32 Å². The summed E-state index contributed by atoms with van der Waals surface area (Å²) in [6.45, 7) is 2.94. The fraction of sp³-hybridized carbons (Fsp3) is 0.429. The lowest BCUT2D eigenvalue weighted by Gasteiger charge is -2.43. The van der Waals surface area contributed by atoms with Crippen LogP contribution in [0.3, 0.4) is 0 Å². The Morgan fingerprint density at radius 2 is 1.42 bits per heavy atom. The highest BCUT2D eigenvalue weighted by Gasteiger charge is 2.58. The van der Waals surface area contributed by atoms with Gasteiger partial charge in [0.25, 0.3) is 11.8 Å². The van der Waals surface area contributed by atoms with Crippen LogP contribution in [0.4, 0.5) is 41.2 Å². The number of likely N-dealkylation sites (tertiary alicyclic amines) is 1. The van der Waals surface area contributed by atoms with Gasteiger partial charge in [0.1, 0.15) is 17.4 Å². The Hall–Kier alpha value is -4.17. The van der Waals surface area contributed by atoms with Crippen LogP contribution in [0.2, 0.25) is 0 Å². The molecule has 0 bridgehead atoms. The molecule has 232 valence electrons.